The molecule has 19 nitrogen and oxygen atoms in total. The molecule has 1 aromatic heterocycles. The van der Waals surface area contributed by atoms with E-state index in [4.69, 9.17) is 14.2 Å². The van der Waals surface area contributed by atoms with E-state index in [0.29, 0.717) is 30.4 Å². The van der Waals surface area contributed by atoms with E-state index >= 15 is 0 Å². The Kier molecular flexibility index (Phi) is 16.0. The van der Waals surface area contributed by atoms with Gasteiger partial charge >= 0.3 is 12.1 Å². The van der Waals surface area contributed by atoms with Crippen molar-refractivity contribution in [3.63, 3.8) is 0 Å². The number of tetrazole rings is 1. The molecule has 0 aliphatic heterocycles. The Balaban J connectivity index is 1.45. The fourth-order valence-electron chi connectivity index (χ4n) is 5.55. The first-order valence-electron chi connectivity index (χ1n) is 17.9. The molecule has 19 heteroatoms. The average molecular weight is 778 g/mol. The van der Waals surface area contributed by atoms with Gasteiger partial charge in [0.05, 0.1) is 13.2 Å². The summed E-state index contributed by atoms with van der Waals surface area (Å²) in [6.07, 6.45) is 1.38. The molecule has 3 aromatic carbocycles. The number of unbranched alkanes of at least 4 members (excludes halogenated alkanes) is 2. The molecule has 0 fully saturated rings. The first kappa shape index (κ1) is 42.1. The predicted octanol–water partition coefficient (Wildman–Crippen LogP) is 5.96. The standard InChI is InChI=1S/C37H43N7O12/c1-4-5-15-33(45)41(34(26(2)3)36(46)56-30-12-10-11-28(22-30)24-55-44(50)51)23-27-16-18-29(19-17-27)31-13-6-7-14-32(31)35-38-40-42(39-35)25-53-37(47)52-20-8-9-21-54-43(48)49/h6-7,10-14,16-19,22,26,34H,4-5,8-9,15,20-21,23-25H2,1-3H3. The Morgan fingerprint density at radius 3 is 2.25 bits per heavy atom. The van der Waals surface area contributed by atoms with Crippen LogP contribution in [0.5, 0.6) is 5.75 Å². The Bertz CT molecular complexity index is 1940. The van der Waals surface area contributed by atoms with E-state index in [1.165, 1.54) is 6.07 Å². The van der Waals surface area contributed by atoms with Gasteiger partial charge in [-0.1, -0.05) is 87.9 Å². The quantitative estimate of drug-likeness (QED) is 0.0294. The molecule has 1 amide bonds. The lowest BCUT2D eigenvalue weighted by atomic mass is 9.97. The van der Waals surface area contributed by atoms with Crippen molar-refractivity contribution in [3.05, 3.63) is 104 Å². The van der Waals surface area contributed by atoms with Crippen molar-refractivity contribution in [3.8, 4) is 28.3 Å². The van der Waals surface area contributed by atoms with Gasteiger partial charge in [-0.2, -0.15) is 0 Å². The van der Waals surface area contributed by atoms with Crippen molar-refractivity contribution in [2.75, 3.05) is 13.2 Å². The van der Waals surface area contributed by atoms with Gasteiger partial charge < -0.3 is 28.8 Å². The van der Waals surface area contributed by atoms with E-state index in [9.17, 15) is 34.6 Å². The number of nitrogens with zero attached hydrogens (tertiary/aromatic N) is 7. The van der Waals surface area contributed by atoms with E-state index < -0.39 is 28.3 Å². The summed E-state index contributed by atoms with van der Waals surface area (Å²) in [4.78, 5) is 71.4. The normalized spacial score (nSPS) is 11.4. The second-order valence-electron chi connectivity index (χ2n) is 12.7. The van der Waals surface area contributed by atoms with Gasteiger partial charge in [0.2, 0.25) is 18.5 Å². The van der Waals surface area contributed by atoms with Crippen LogP contribution in [0.3, 0.4) is 0 Å². The maximum absolute atomic E-state index is 13.7. The number of aromatic nitrogens is 4. The molecule has 0 spiro atoms. The summed E-state index contributed by atoms with van der Waals surface area (Å²) in [7, 11) is 0. The third-order valence-corrected chi connectivity index (χ3v) is 8.22. The Labute approximate surface area is 321 Å². The Hall–Kier alpha value is -6.66. The summed E-state index contributed by atoms with van der Waals surface area (Å²) < 4.78 is 15.7. The number of amides is 1. The Morgan fingerprint density at radius 1 is 0.839 bits per heavy atom. The lowest BCUT2D eigenvalue weighted by molar-refractivity contribution is -0.763. The summed E-state index contributed by atoms with van der Waals surface area (Å²) in [6.45, 7) is 4.98. The van der Waals surface area contributed by atoms with Crippen LogP contribution in [-0.4, -0.2) is 72.6 Å². The maximum Gasteiger partial charge on any atom is 0.510 e. The van der Waals surface area contributed by atoms with Crippen LogP contribution >= 0.6 is 0 Å². The molecular formula is C37H43N7O12. The van der Waals surface area contributed by atoms with Crippen molar-refractivity contribution in [1.82, 2.24) is 25.1 Å². The molecule has 4 aromatic rings. The molecule has 0 bridgehead atoms. The summed E-state index contributed by atoms with van der Waals surface area (Å²) >= 11 is 0. The average Bonchev–Trinajstić information content (AvgIpc) is 3.65. The van der Waals surface area contributed by atoms with Crippen molar-refractivity contribution in [2.45, 2.75) is 78.8 Å². The second kappa shape index (κ2) is 21.3. The largest absolute Gasteiger partial charge is 0.510 e. The highest BCUT2D eigenvalue weighted by Crippen LogP contribution is 2.30. The third-order valence-electron chi connectivity index (χ3n) is 8.22. The van der Waals surface area contributed by atoms with Gasteiger partial charge in [-0.05, 0) is 64.8 Å². The Morgan fingerprint density at radius 2 is 1.55 bits per heavy atom. The second-order valence-corrected chi connectivity index (χ2v) is 12.7. The zero-order chi connectivity index (χ0) is 40.5. The summed E-state index contributed by atoms with van der Waals surface area (Å²) in [6, 6.07) is 20.2. The van der Waals surface area contributed by atoms with E-state index in [0.717, 1.165) is 27.9 Å². The maximum atomic E-state index is 13.7. The molecule has 1 heterocycles. The number of rotatable bonds is 22. The first-order chi connectivity index (χ1) is 26.9. The predicted molar refractivity (Wildman–Crippen MR) is 196 cm³/mol. The first-order valence-corrected chi connectivity index (χ1v) is 17.9. The van der Waals surface area contributed by atoms with Gasteiger partial charge in [-0.3, -0.25) is 4.79 Å². The number of carbonyl (C=O) groups excluding carboxylic acids is 3. The highest BCUT2D eigenvalue weighted by atomic mass is 17.0. The topological polar surface area (TPSA) is 230 Å². The lowest BCUT2D eigenvalue weighted by Gasteiger charge is -2.33. The fraction of sp³-hybridized carbons (Fsp3) is 0.405. The van der Waals surface area contributed by atoms with E-state index in [2.05, 4.69) is 25.1 Å². The minimum absolute atomic E-state index is 0.0115. The summed E-state index contributed by atoms with van der Waals surface area (Å²) in [5, 5.41) is 31.5. The third kappa shape index (κ3) is 13.0. The molecule has 0 aliphatic rings. The van der Waals surface area contributed by atoms with Crippen LogP contribution in [0.1, 0.15) is 64.0 Å². The number of carbonyl (C=O) groups is 3. The van der Waals surface area contributed by atoms with Gasteiger partial charge in [0.1, 0.15) is 18.4 Å². The molecule has 0 aliphatic carbocycles. The monoisotopic (exact) mass is 777 g/mol. The minimum atomic E-state index is -0.963. The van der Waals surface area contributed by atoms with Crippen LogP contribution < -0.4 is 4.74 Å². The molecule has 4 rings (SSSR count). The van der Waals surface area contributed by atoms with Crippen molar-refractivity contribution in [2.24, 2.45) is 5.92 Å². The van der Waals surface area contributed by atoms with Crippen LogP contribution in [0.15, 0.2) is 72.8 Å². The molecule has 0 N–H and O–H groups in total. The van der Waals surface area contributed by atoms with Crippen molar-refractivity contribution >= 4 is 18.0 Å². The SMILES string of the molecule is CCCCC(=O)N(Cc1ccc(-c2ccccc2-c2nnn(COC(=O)OCCCCO[N+](=O)[O-])n2)cc1)C(C(=O)Oc1cccc(CO[N+](=O)[O-])c1)C(C)C. The van der Waals surface area contributed by atoms with Gasteiger partial charge in [0.15, 0.2) is 0 Å². The zero-order valence-corrected chi connectivity index (χ0v) is 31.2. The lowest BCUT2D eigenvalue weighted by Crippen LogP contribution is -2.49. The van der Waals surface area contributed by atoms with Gasteiger partial charge in [-0.25, -0.2) is 9.59 Å². The number of hydrogen-bond donors (Lipinski definition) is 0. The molecular weight excluding hydrogens is 734 g/mol. The van der Waals surface area contributed by atoms with Crippen LogP contribution in [0.2, 0.25) is 0 Å². The minimum Gasteiger partial charge on any atom is -0.434 e. The number of benzene rings is 3. The molecule has 0 radical (unpaired) electrons. The molecule has 1 atom stereocenters. The molecule has 0 saturated heterocycles. The fourth-order valence-corrected chi connectivity index (χ4v) is 5.55. The molecule has 298 valence electrons. The highest BCUT2D eigenvalue weighted by Gasteiger charge is 2.34. The molecule has 1 unspecified atom stereocenters. The van der Waals surface area contributed by atoms with Crippen LogP contribution in [0.25, 0.3) is 22.5 Å². The number of hydrogen-bond acceptors (Lipinski definition) is 15. The zero-order valence-electron chi connectivity index (χ0n) is 31.2. The summed E-state index contributed by atoms with van der Waals surface area (Å²) in [5.74, 6) is -0.701. The van der Waals surface area contributed by atoms with Crippen LogP contribution in [0, 0.1) is 26.1 Å². The number of esters is 1. The van der Waals surface area contributed by atoms with Crippen LogP contribution in [0.4, 0.5) is 4.79 Å². The highest BCUT2D eigenvalue weighted by molar-refractivity contribution is 5.86. The molecule has 56 heavy (non-hydrogen) atoms. The van der Waals surface area contributed by atoms with Gasteiger partial charge in [0.25, 0.3) is 10.2 Å². The van der Waals surface area contributed by atoms with E-state index in [1.807, 2.05) is 69.3 Å². The van der Waals surface area contributed by atoms with E-state index in [1.54, 1.807) is 23.1 Å². The smallest absolute Gasteiger partial charge is 0.434 e. The van der Waals surface area contributed by atoms with Crippen molar-refractivity contribution in [1.29, 1.82) is 0 Å². The van der Waals surface area contributed by atoms with Crippen LogP contribution in [-0.2, 0) is 48.6 Å². The molecule has 0 saturated carbocycles. The van der Waals surface area contributed by atoms with Crippen molar-refractivity contribution < 1.29 is 48.4 Å². The van der Waals surface area contributed by atoms with Gasteiger partial charge in [0, 0.05) is 18.5 Å². The summed E-state index contributed by atoms with van der Waals surface area (Å²) in [5.41, 5.74) is 3.46. The van der Waals surface area contributed by atoms with E-state index in [-0.39, 0.29) is 62.9 Å². The number of ether oxygens (including phenoxy) is 3. The van der Waals surface area contributed by atoms with Gasteiger partial charge in [-0.15, -0.1) is 35.2 Å².